The summed E-state index contributed by atoms with van der Waals surface area (Å²) in [4.78, 5) is 0. The van der Waals surface area contributed by atoms with Gasteiger partial charge in [0, 0.05) is 12.6 Å². The van der Waals surface area contributed by atoms with Crippen LogP contribution in [0.2, 0.25) is 0 Å². The van der Waals surface area contributed by atoms with Gasteiger partial charge in [0.1, 0.15) is 0 Å². The number of piperidine rings is 2. The molecule has 3 saturated heterocycles. The van der Waals surface area contributed by atoms with E-state index in [9.17, 15) is 5.11 Å². The van der Waals surface area contributed by atoms with Crippen molar-refractivity contribution in [3.63, 3.8) is 0 Å². The molecule has 5 unspecified atom stereocenters. The standard InChI is InChI=1S/C14H27N3O/c1-9-4-10(6-15-5-9)13-7-16-14-12(13)3-2-11(8-18)17-14/h9-18H,2-8H2,1H3/t9-,10?,11?,12?,13?,14?/m0/s1. The second kappa shape index (κ2) is 5.45. The van der Waals surface area contributed by atoms with Crippen molar-refractivity contribution in [3.8, 4) is 0 Å². The molecule has 0 amide bonds. The first-order valence-electron chi connectivity index (χ1n) is 7.59. The van der Waals surface area contributed by atoms with E-state index in [1.807, 2.05) is 0 Å². The van der Waals surface area contributed by atoms with Crippen LogP contribution in [0, 0.1) is 23.7 Å². The largest absolute Gasteiger partial charge is 0.395 e. The van der Waals surface area contributed by atoms with Gasteiger partial charge >= 0.3 is 0 Å². The summed E-state index contributed by atoms with van der Waals surface area (Å²) in [5, 5.41) is 20.0. The van der Waals surface area contributed by atoms with Gasteiger partial charge in [-0.05, 0) is 56.0 Å². The molecule has 6 atom stereocenters. The Morgan fingerprint density at radius 3 is 2.78 bits per heavy atom. The smallest absolute Gasteiger partial charge is 0.0607 e. The molecule has 4 heteroatoms. The van der Waals surface area contributed by atoms with Gasteiger partial charge in [-0.3, -0.25) is 5.32 Å². The molecule has 104 valence electrons. The van der Waals surface area contributed by atoms with Crippen molar-refractivity contribution in [1.29, 1.82) is 0 Å². The third-order valence-electron chi connectivity index (χ3n) is 5.25. The van der Waals surface area contributed by atoms with Gasteiger partial charge in [-0.2, -0.15) is 0 Å². The third-order valence-corrected chi connectivity index (χ3v) is 5.25. The molecule has 18 heavy (non-hydrogen) atoms. The first kappa shape index (κ1) is 12.9. The van der Waals surface area contributed by atoms with Gasteiger partial charge < -0.3 is 15.7 Å². The topological polar surface area (TPSA) is 56.3 Å². The minimum atomic E-state index is 0.275. The van der Waals surface area contributed by atoms with Gasteiger partial charge in [-0.1, -0.05) is 6.92 Å². The van der Waals surface area contributed by atoms with E-state index in [1.165, 1.54) is 25.9 Å². The van der Waals surface area contributed by atoms with E-state index in [0.29, 0.717) is 12.2 Å². The Labute approximate surface area is 110 Å². The number of rotatable bonds is 2. The van der Waals surface area contributed by atoms with Crippen LogP contribution in [0.4, 0.5) is 0 Å². The number of aliphatic hydroxyl groups is 1. The van der Waals surface area contributed by atoms with Gasteiger partial charge in [0.15, 0.2) is 0 Å². The average Bonchev–Trinajstić information content (AvgIpc) is 2.81. The normalized spacial score (nSPS) is 49.0. The van der Waals surface area contributed by atoms with E-state index in [2.05, 4.69) is 22.9 Å². The highest BCUT2D eigenvalue weighted by Gasteiger charge is 2.43. The molecule has 0 spiro atoms. The van der Waals surface area contributed by atoms with Gasteiger partial charge in [-0.25, -0.2) is 0 Å². The quantitative estimate of drug-likeness (QED) is 0.565. The lowest BCUT2D eigenvalue weighted by atomic mass is 9.74. The van der Waals surface area contributed by atoms with Crippen molar-refractivity contribution in [2.24, 2.45) is 23.7 Å². The number of hydrogen-bond acceptors (Lipinski definition) is 4. The number of fused-ring (bicyclic) bond motifs is 1. The van der Waals surface area contributed by atoms with Crippen molar-refractivity contribution in [2.75, 3.05) is 26.2 Å². The first-order valence-corrected chi connectivity index (χ1v) is 7.59. The Morgan fingerprint density at radius 1 is 1.11 bits per heavy atom. The Bertz CT molecular complexity index is 286. The molecular weight excluding hydrogens is 226 g/mol. The Morgan fingerprint density at radius 2 is 2.00 bits per heavy atom. The lowest BCUT2D eigenvalue weighted by Gasteiger charge is -2.39. The average molecular weight is 253 g/mol. The molecule has 3 rings (SSSR count). The predicted molar refractivity (Wildman–Crippen MR) is 72.2 cm³/mol. The molecule has 3 aliphatic heterocycles. The number of nitrogens with one attached hydrogen (secondary N) is 3. The van der Waals surface area contributed by atoms with Crippen LogP contribution in [0.25, 0.3) is 0 Å². The van der Waals surface area contributed by atoms with Crippen molar-refractivity contribution < 1.29 is 5.11 Å². The van der Waals surface area contributed by atoms with Crippen molar-refractivity contribution >= 4 is 0 Å². The lowest BCUT2D eigenvalue weighted by Crippen LogP contribution is -2.53. The van der Waals surface area contributed by atoms with Crippen LogP contribution >= 0.6 is 0 Å². The molecular formula is C14H27N3O. The lowest BCUT2D eigenvalue weighted by molar-refractivity contribution is 0.123. The van der Waals surface area contributed by atoms with Gasteiger partial charge in [0.25, 0.3) is 0 Å². The maximum atomic E-state index is 9.26. The fourth-order valence-corrected chi connectivity index (χ4v) is 4.29. The molecule has 0 aromatic heterocycles. The van der Waals surface area contributed by atoms with E-state index in [4.69, 9.17) is 0 Å². The maximum absolute atomic E-state index is 9.26. The van der Waals surface area contributed by atoms with Gasteiger partial charge in [0.05, 0.1) is 12.8 Å². The van der Waals surface area contributed by atoms with E-state index >= 15 is 0 Å². The molecule has 0 radical (unpaired) electrons. The molecule has 0 aromatic rings. The highest BCUT2D eigenvalue weighted by Crippen LogP contribution is 2.37. The van der Waals surface area contributed by atoms with Crippen LogP contribution < -0.4 is 16.0 Å². The van der Waals surface area contributed by atoms with E-state index in [1.54, 1.807) is 0 Å². The third kappa shape index (κ3) is 2.44. The van der Waals surface area contributed by atoms with Crippen LogP contribution in [0.3, 0.4) is 0 Å². The number of aliphatic hydroxyl groups excluding tert-OH is 1. The van der Waals surface area contributed by atoms with Crippen LogP contribution in [-0.4, -0.2) is 43.6 Å². The predicted octanol–water partition coefficient (Wildman–Crippen LogP) is 0.138. The molecule has 4 nitrogen and oxygen atoms in total. The minimum absolute atomic E-state index is 0.275. The van der Waals surface area contributed by atoms with Crippen molar-refractivity contribution in [1.82, 2.24) is 16.0 Å². The summed E-state index contributed by atoms with van der Waals surface area (Å²) in [6.45, 7) is 6.18. The summed E-state index contributed by atoms with van der Waals surface area (Å²) in [5.74, 6) is 3.25. The summed E-state index contributed by atoms with van der Waals surface area (Å²) in [6.07, 6.45) is 4.22. The summed E-state index contributed by atoms with van der Waals surface area (Å²) in [5.41, 5.74) is 0. The molecule has 0 aromatic carbocycles. The fourth-order valence-electron chi connectivity index (χ4n) is 4.29. The summed E-state index contributed by atoms with van der Waals surface area (Å²) in [7, 11) is 0. The summed E-state index contributed by atoms with van der Waals surface area (Å²) < 4.78 is 0. The van der Waals surface area contributed by atoms with E-state index in [-0.39, 0.29) is 6.61 Å². The van der Waals surface area contributed by atoms with Crippen LogP contribution in [0.1, 0.15) is 26.2 Å². The van der Waals surface area contributed by atoms with Gasteiger partial charge in [-0.15, -0.1) is 0 Å². The zero-order valence-corrected chi connectivity index (χ0v) is 11.4. The molecule has 0 bridgehead atoms. The van der Waals surface area contributed by atoms with E-state index in [0.717, 1.165) is 36.6 Å². The highest BCUT2D eigenvalue weighted by atomic mass is 16.3. The summed E-state index contributed by atoms with van der Waals surface area (Å²) in [6, 6.07) is 0.306. The van der Waals surface area contributed by atoms with Crippen molar-refractivity contribution in [3.05, 3.63) is 0 Å². The highest BCUT2D eigenvalue weighted by molar-refractivity contribution is 4.98. The SMILES string of the molecule is C[C@@H]1CNCC(C2CNC3NC(CO)CCC32)C1. The first-order chi connectivity index (χ1) is 8.78. The van der Waals surface area contributed by atoms with Gasteiger partial charge in [0.2, 0.25) is 0 Å². The Kier molecular flexibility index (Phi) is 3.89. The Hall–Kier alpha value is -0.160. The van der Waals surface area contributed by atoms with E-state index < -0.39 is 0 Å². The van der Waals surface area contributed by atoms with Crippen molar-refractivity contribution in [2.45, 2.75) is 38.4 Å². The minimum Gasteiger partial charge on any atom is -0.395 e. The summed E-state index contributed by atoms with van der Waals surface area (Å²) >= 11 is 0. The monoisotopic (exact) mass is 253 g/mol. The molecule has 0 aliphatic carbocycles. The van der Waals surface area contributed by atoms with Crippen LogP contribution in [0.15, 0.2) is 0 Å². The molecule has 4 N–H and O–H groups in total. The molecule has 3 heterocycles. The van der Waals surface area contributed by atoms with Crippen LogP contribution in [0.5, 0.6) is 0 Å². The second-order valence-corrected chi connectivity index (χ2v) is 6.60. The number of hydrogen-bond donors (Lipinski definition) is 4. The molecule has 0 saturated carbocycles. The van der Waals surface area contributed by atoms with Crippen LogP contribution in [-0.2, 0) is 0 Å². The fraction of sp³-hybridized carbons (Fsp3) is 1.00. The second-order valence-electron chi connectivity index (χ2n) is 6.60. The Balaban J connectivity index is 1.62. The maximum Gasteiger partial charge on any atom is 0.0607 e. The molecule has 3 aliphatic rings. The zero-order chi connectivity index (χ0) is 12.5. The molecule has 3 fully saturated rings. The zero-order valence-electron chi connectivity index (χ0n) is 11.4.